The molecule has 1 fully saturated rings. The first kappa shape index (κ1) is 21.5. The molecular formula is C27H31N5. The molecule has 5 nitrogen and oxygen atoms in total. The highest BCUT2D eigenvalue weighted by atomic mass is 15.2. The summed E-state index contributed by atoms with van der Waals surface area (Å²) in [5, 5.41) is 11.3. The van der Waals surface area contributed by atoms with E-state index >= 15 is 0 Å². The van der Waals surface area contributed by atoms with Gasteiger partial charge in [-0.25, -0.2) is 0 Å². The standard InChI is InChI=1S/C27H31N5/c1-19-6-9-22(10-7-19)31-21(3)25(28-4)12-8-20(2)30-27-14-15-29-26-13-11-23(18-24(26)27)32-16-5-17-32/h6-15,18,28,31H,3,5,16-17H2,1-2,4H3,(H,29,30)/b20-8+,25-12-. The van der Waals surface area contributed by atoms with E-state index in [0.717, 1.165) is 52.5 Å². The third-order valence-electron chi connectivity index (χ3n) is 5.72. The van der Waals surface area contributed by atoms with E-state index in [1.54, 1.807) is 0 Å². The van der Waals surface area contributed by atoms with Crippen molar-refractivity contribution >= 4 is 28.0 Å². The molecule has 0 aliphatic carbocycles. The van der Waals surface area contributed by atoms with Crippen LogP contribution in [0.1, 0.15) is 18.9 Å². The molecule has 0 unspecified atom stereocenters. The zero-order chi connectivity index (χ0) is 22.5. The number of anilines is 3. The maximum atomic E-state index is 4.53. The quantitative estimate of drug-likeness (QED) is 0.398. The average Bonchev–Trinajstić information content (AvgIpc) is 2.75. The van der Waals surface area contributed by atoms with Crippen molar-refractivity contribution in [2.24, 2.45) is 0 Å². The Hall–Kier alpha value is -3.73. The minimum atomic E-state index is 0.814. The van der Waals surface area contributed by atoms with Gasteiger partial charge in [-0.1, -0.05) is 24.3 Å². The first-order valence-corrected chi connectivity index (χ1v) is 11.0. The first-order chi connectivity index (χ1) is 15.5. The fourth-order valence-corrected chi connectivity index (χ4v) is 3.69. The van der Waals surface area contributed by atoms with E-state index < -0.39 is 0 Å². The number of nitrogens with zero attached hydrogens (tertiary/aromatic N) is 2. The Balaban J connectivity index is 1.50. The van der Waals surface area contributed by atoms with Crippen LogP contribution in [0, 0.1) is 6.92 Å². The molecule has 2 aromatic carbocycles. The smallest absolute Gasteiger partial charge is 0.0724 e. The van der Waals surface area contributed by atoms with Crippen molar-refractivity contribution in [3.05, 3.63) is 96.1 Å². The van der Waals surface area contributed by atoms with Crippen LogP contribution in [0.4, 0.5) is 17.1 Å². The Morgan fingerprint density at radius 3 is 2.50 bits per heavy atom. The van der Waals surface area contributed by atoms with Gasteiger partial charge in [-0.15, -0.1) is 0 Å². The zero-order valence-electron chi connectivity index (χ0n) is 19.1. The largest absolute Gasteiger partial charge is 0.386 e. The summed E-state index contributed by atoms with van der Waals surface area (Å²) in [4.78, 5) is 6.93. The Morgan fingerprint density at radius 2 is 1.81 bits per heavy atom. The molecule has 1 aromatic heterocycles. The third kappa shape index (κ3) is 4.94. The number of rotatable bonds is 8. The number of fused-ring (bicyclic) bond motifs is 1. The average molecular weight is 426 g/mol. The summed E-state index contributed by atoms with van der Waals surface area (Å²) in [6, 6.07) is 16.8. The molecule has 0 amide bonds. The molecule has 0 atom stereocenters. The summed E-state index contributed by atoms with van der Waals surface area (Å²) < 4.78 is 0. The Bertz CT molecular complexity index is 1170. The molecule has 1 saturated heterocycles. The van der Waals surface area contributed by atoms with E-state index in [9.17, 15) is 0 Å². The highest BCUT2D eigenvalue weighted by Crippen LogP contribution is 2.29. The lowest BCUT2D eigenvalue weighted by molar-refractivity contribution is 0.618. The molecule has 0 saturated carbocycles. The van der Waals surface area contributed by atoms with E-state index in [2.05, 4.69) is 94.8 Å². The molecule has 0 spiro atoms. The first-order valence-electron chi connectivity index (χ1n) is 11.0. The van der Waals surface area contributed by atoms with E-state index in [4.69, 9.17) is 0 Å². The molecule has 0 radical (unpaired) electrons. The number of pyridine rings is 1. The van der Waals surface area contributed by atoms with E-state index in [0.29, 0.717) is 0 Å². The fourth-order valence-electron chi connectivity index (χ4n) is 3.69. The summed E-state index contributed by atoms with van der Waals surface area (Å²) in [5.41, 5.74) is 8.33. The normalized spacial score (nSPS) is 14.2. The van der Waals surface area contributed by atoms with Crippen molar-refractivity contribution in [1.82, 2.24) is 10.3 Å². The van der Waals surface area contributed by atoms with Gasteiger partial charge in [0.1, 0.15) is 0 Å². The lowest BCUT2D eigenvalue weighted by Gasteiger charge is -2.33. The minimum Gasteiger partial charge on any atom is -0.386 e. The number of hydrogen-bond acceptors (Lipinski definition) is 5. The summed E-state index contributed by atoms with van der Waals surface area (Å²) >= 11 is 0. The number of aryl methyl sites for hydroxylation is 1. The predicted octanol–water partition coefficient (Wildman–Crippen LogP) is 5.80. The molecule has 0 bridgehead atoms. The van der Waals surface area contributed by atoms with Crippen LogP contribution in [-0.4, -0.2) is 25.1 Å². The Morgan fingerprint density at radius 1 is 1.03 bits per heavy atom. The van der Waals surface area contributed by atoms with Gasteiger partial charge >= 0.3 is 0 Å². The molecule has 3 aromatic rings. The van der Waals surface area contributed by atoms with Gasteiger partial charge in [0.15, 0.2) is 0 Å². The fraction of sp³-hybridized carbons (Fsp3) is 0.222. The second kappa shape index (κ2) is 9.60. The number of hydrogen-bond donors (Lipinski definition) is 3. The molecule has 32 heavy (non-hydrogen) atoms. The van der Waals surface area contributed by atoms with E-state index in [1.807, 2.05) is 25.4 Å². The lowest BCUT2D eigenvalue weighted by atomic mass is 10.1. The molecule has 1 aliphatic heterocycles. The molecular weight excluding hydrogens is 394 g/mol. The van der Waals surface area contributed by atoms with Crippen molar-refractivity contribution in [2.45, 2.75) is 20.3 Å². The summed E-state index contributed by atoms with van der Waals surface area (Å²) in [6.07, 6.45) is 7.20. The topological polar surface area (TPSA) is 52.2 Å². The number of allylic oxidation sites excluding steroid dienone is 3. The Labute approximate surface area is 190 Å². The van der Waals surface area contributed by atoms with Crippen molar-refractivity contribution in [1.29, 1.82) is 0 Å². The van der Waals surface area contributed by atoms with Crippen molar-refractivity contribution < 1.29 is 0 Å². The SMILES string of the molecule is C=C(Nc1ccc(C)cc1)/C(=C/C=C(\C)Nc1ccnc2ccc(N3CCC3)cc12)NC. The molecule has 5 heteroatoms. The lowest BCUT2D eigenvalue weighted by Crippen LogP contribution is -2.36. The van der Waals surface area contributed by atoms with Crippen LogP contribution >= 0.6 is 0 Å². The highest BCUT2D eigenvalue weighted by molar-refractivity contribution is 5.94. The van der Waals surface area contributed by atoms with E-state index in [-0.39, 0.29) is 0 Å². The molecule has 2 heterocycles. The van der Waals surface area contributed by atoms with Crippen LogP contribution in [0.25, 0.3) is 10.9 Å². The van der Waals surface area contributed by atoms with Gasteiger partial charge in [-0.3, -0.25) is 4.98 Å². The second-order valence-electron chi connectivity index (χ2n) is 8.18. The van der Waals surface area contributed by atoms with Crippen LogP contribution in [0.2, 0.25) is 0 Å². The predicted molar refractivity (Wildman–Crippen MR) is 137 cm³/mol. The van der Waals surface area contributed by atoms with Gasteiger partial charge < -0.3 is 20.9 Å². The van der Waals surface area contributed by atoms with Crippen LogP contribution in [0.3, 0.4) is 0 Å². The number of nitrogens with one attached hydrogen (secondary N) is 3. The molecule has 3 N–H and O–H groups in total. The Kier molecular flexibility index (Phi) is 6.45. The van der Waals surface area contributed by atoms with Gasteiger partial charge in [0.25, 0.3) is 0 Å². The monoisotopic (exact) mass is 425 g/mol. The number of aromatic nitrogens is 1. The van der Waals surface area contributed by atoms with Crippen molar-refractivity contribution in [3.8, 4) is 0 Å². The third-order valence-corrected chi connectivity index (χ3v) is 5.72. The second-order valence-corrected chi connectivity index (χ2v) is 8.18. The van der Waals surface area contributed by atoms with Crippen molar-refractivity contribution in [3.63, 3.8) is 0 Å². The summed E-state index contributed by atoms with van der Waals surface area (Å²) in [5.74, 6) is 0. The van der Waals surface area contributed by atoms with Crippen LogP contribution < -0.4 is 20.9 Å². The number of benzene rings is 2. The zero-order valence-corrected chi connectivity index (χ0v) is 19.1. The molecule has 1 aliphatic rings. The minimum absolute atomic E-state index is 0.814. The van der Waals surface area contributed by atoms with Gasteiger partial charge in [-0.05, 0) is 68.8 Å². The van der Waals surface area contributed by atoms with Crippen molar-refractivity contribution in [2.75, 3.05) is 35.7 Å². The van der Waals surface area contributed by atoms with E-state index in [1.165, 1.54) is 17.7 Å². The van der Waals surface area contributed by atoms with Gasteiger partial charge in [-0.2, -0.15) is 0 Å². The number of likely N-dealkylation sites (N-methyl/N-ethyl adjacent to an activating group) is 1. The summed E-state index contributed by atoms with van der Waals surface area (Å²) in [6.45, 7) is 10.6. The maximum absolute atomic E-state index is 4.53. The van der Waals surface area contributed by atoms with Crippen LogP contribution in [0.5, 0.6) is 0 Å². The van der Waals surface area contributed by atoms with Gasteiger partial charge in [0, 0.05) is 54.5 Å². The van der Waals surface area contributed by atoms with Crippen LogP contribution in [0.15, 0.2) is 90.5 Å². The van der Waals surface area contributed by atoms with Gasteiger partial charge in [0.05, 0.1) is 16.9 Å². The van der Waals surface area contributed by atoms with Crippen LogP contribution in [-0.2, 0) is 0 Å². The van der Waals surface area contributed by atoms with Gasteiger partial charge in [0.2, 0.25) is 0 Å². The highest BCUT2D eigenvalue weighted by Gasteiger charge is 2.15. The molecule has 4 rings (SSSR count). The maximum Gasteiger partial charge on any atom is 0.0724 e. The summed E-state index contributed by atoms with van der Waals surface area (Å²) in [7, 11) is 1.90. The molecule has 164 valence electrons.